The van der Waals surface area contributed by atoms with Crippen LogP contribution in [-0.2, 0) is 11.2 Å². The Morgan fingerprint density at radius 3 is 2.35 bits per heavy atom. The molecule has 1 fully saturated rings. The lowest BCUT2D eigenvalue weighted by molar-refractivity contribution is 0.0140. The number of methoxy groups -OCH3 is 1. The van der Waals surface area contributed by atoms with Gasteiger partial charge in [-0.15, -0.1) is 11.3 Å². The summed E-state index contributed by atoms with van der Waals surface area (Å²) in [4.78, 5) is 34.1. The molecule has 0 unspecified atom stereocenters. The summed E-state index contributed by atoms with van der Waals surface area (Å²) >= 11 is 1.44. The predicted octanol–water partition coefficient (Wildman–Crippen LogP) is 3.33. The quantitative estimate of drug-likeness (QED) is 0.774. The number of rotatable bonds is 4. The highest BCUT2D eigenvalue weighted by Gasteiger charge is 2.29. The van der Waals surface area contributed by atoms with Crippen molar-refractivity contribution in [1.82, 2.24) is 14.8 Å². The van der Waals surface area contributed by atoms with Crippen LogP contribution in [0, 0.1) is 6.92 Å². The molecule has 2 heterocycles. The lowest BCUT2D eigenvalue weighted by Crippen LogP contribution is -2.51. The minimum atomic E-state index is -0.543. The van der Waals surface area contributed by atoms with E-state index in [9.17, 15) is 9.59 Å². The number of nitrogens with two attached hydrogens (primary N) is 1. The summed E-state index contributed by atoms with van der Waals surface area (Å²) in [6.07, 6.45) is 2.07. The zero-order valence-corrected chi connectivity index (χ0v) is 19.5. The first-order valence-electron chi connectivity index (χ1n) is 10.2. The summed E-state index contributed by atoms with van der Waals surface area (Å²) in [6.45, 7) is 9.26. The lowest BCUT2D eigenvalue weighted by atomic mass is 9.99. The van der Waals surface area contributed by atoms with Gasteiger partial charge in [-0.05, 0) is 51.0 Å². The summed E-state index contributed by atoms with van der Waals surface area (Å²) in [5.74, 6) is 0.440. The SMILES string of the molecule is COc1cc(C)c(Cc2cnc(N)s2)cc1C(=O)N1CCN(C(=O)OC(C)(C)C)CC1. The van der Waals surface area contributed by atoms with Crippen molar-refractivity contribution >= 4 is 28.5 Å². The highest BCUT2D eigenvalue weighted by Crippen LogP contribution is 2.28. The molecule has 2 amide bonds. The maximum Gasteiger partial charge on any atom is 0.410 e. The van der Waals surface area contributed by atoms with Crippen LogP contribution in [0.3, 0.4) is 0 Å². The van der Waals surface area contributed by atoms with Gasteiger partial charge in [0.05, 0.1) is 12.7 Å². The predicted molar refractivity (Wildman–Crippen MR) is 121 cm³/mol. The first-order chi connectivity index (χ1) is 14.6. The first-order valence-corrected chi connectivity index (χ1v) is 11.0. The third-order valence-corrected chi connectivity index (χ3v) is 5.87. The Hall–Kier alpha value is -2.81. The molecule has 0 spiro atoms. The van der Waals surface area contributed by atoms with E-state index in [0.29, 0.717) is 49.0 Å². The molecule has 3 rings (SSSR count). The molecule has 1 aromatic carbocycles. The second-order valence-corrected chi connectivity index (χ2v) is 9.73. The average molecular weight is 447 g/mol. The van der Waals surface area contributed by atoms with Crippen molar-refractivity contribution in [3.8, 4) is 5.75 Å². The van der Waals surface area contributed by atoms with E-state index < -0.39 is 5.60 Å². The van der Waals surface area contributed by atoms with Gasteiger partial charge in [0.25, 0.3) is 5.91 Å². The second kappa shape index (κ2) is 9.13. The van der Waals surface area contributed by atoms with Gasteiger partial charge >= 0.3 is 6.09 Å². The number of aromatic nitrogens is 1. The molecule has 0 aliphatic carbocycles. The van der Waals surface area contributed by atoms with Gasteiger partial charge in [-0.1, -0.05) is 0 Å². The van der Waals surface area contributed by atoms with Crippen LogP contribution in [0.15, 0.2) is 18.3 Å². The van der Waals surface area contributed by atoms with Gasteiger partial charge in [-0.25, -0.2) is 9.78 Å². The van der Waals surface area contributed by atoms with Crippen LogP contribution in [0.5, 0.6) is 5.75 Å². The Kier molecular flexibility index (Phi) is 6.74. The number of anilines is 1. The Labute approximate surface area is 186 Å². The van der Waals surface area contributed by atoms with Crippen molar-refractivity contribution < 1.29 is 19.1 Å². The maximum absolute atomic E-state index is 13.3. The summed E-state index contributed by atoms with van der Waals surface area (Å²) in [7, 11) is 1.57. The van der Waals surface area contributed by atoms with Gasteiger partial charge in [0.2, 0.25) is 0 Å². The summed E-state index contributed by atoms with van der Waals surface area (Å²) < 4.78 is 10.9. The van der Waals surface area contributed by atoms with E-state index in [0.717, 1.165) is 16.0 Å². The average Bonchev–Trinajstić information content (AvgIpc) is 3.12. The van der Waals surface area contributed by atoms with Crippen LogP contribution < -0.4 is 10.5 Å². The number of aryl methyl sites for hydroxylation is 1. The Bertz CT molecular complexity index is 959. The van der Waals surface area contributed by atoms with Gasteiger partial charge in [0.1, 0.15) is 11.4 Å². The van der Waals surface area contributed by atoms with E-state index in [1.54, 1.807) is 23.1 Å². The van der Waals surface area contributed by atoms with Gasteiger partial charge in [-0.3, -0.25) is 4.79 Å². The molecule has 2 aromatic rings. The van der Waals surface area contributed by atoms with Gasteiger partial charge in [0.15, 0.2) is 5.13 Å². The van der Waals surface area contributed by atoms with E-state index >= 15 is 0 Å². The van der Waals surface area contributed by atoms with E-state index in [2.05, 4.69) is 4.98 Å². The molecule has 0 radical (unpaired) electrons. The fraction of sp³-hybridized carbons (Fsp3) is 0.500. The molecule has 1 aliphatic rings. The number of nitrogen functional groups attached to an aromatic ring is 1. The Morgan fingerprint density at radius 2 is 1.81 bits per heavy atom. The number of hydrogen-bond acceptors (Lipinski definition) is 7. The molecule has 8 nitrogen and oxygen atoms in total. The maximum atomic E-state index is 13.3. The minimum Gasteiger partial charge on any atom is -0.496 e. The summed E-state index contributed by atoms with van der Waals surface area (Å²) in [5, 5.41) is 0.528. The largest absolute Gasteiger partial charge is 0.496 e. The van der Waals surface area contributed by atoms with Gasteiger partial charge in [0, 0.05) is 43.7 Å². The number of piperazine rings is 1. The molecule has 0 atom stereocenters. The zero-order chi connectivity index (χ0) is 22.8. The number of thiazole rings is 1. The molecular weight excluding hydrogens is 416 g/mol. The standard InChI is InChI=1S/C22H30N4O4S/c1-14-10-18(29-5)17(12-15(14)11-16-13-24-20(23)31-16)19(27)25-6-8-26(9-7-25)21(28)30-22(2,3)4/h10,12-13H,6-9,11H2,1-5H3,(H2,23,24). The molecule has 1 aromatic heterocycles. The number of hydrogen-bond donors (Lipinski definition) is 1. The van der Waals surface area contributed by atoms with Crippen molar-refractivity contribution in [3.05, 3.63) is 39.9 Å². The van der Waals surface area contributed by atoms with Crippen LogP contribution in [0.25, 0.3) is 0 Å². The first kappa shape index (κ1) is 22.9. The number of ether oxygens (including phenoxy) is 2. The van der Waals surface area contributed by atoms with E-state index in [1.165, 1.54) is 11.3 Å². The van der Waals surface area contributed by atoms with Crippen molar-refractivity contribution in [2.45, 2.75) is 39.7 Å². The zero-order valence-electron chi connectivity index (χ0n) is 18.7. The molecule has 1 aliphatic heterocycles. The number of carbonyl (C=O) groups excluding carboxylic acids is 2. The molecule has 9 heteroatoms. The van der Waals surface area contributed by atoms with Crippen molar-refractivity contribution in [1.29, 1.82) is 0 Å². The molecule has 1 saturated heterocycles. The Balaban J connectivity index is 1.73. The van der Waals surface area contributed by atoms with Crippen molar-refractivity contribution in [3.63, 3.8) is 0 Å². The molecule has 2 N–H and O–H groups in total. The minimum absolute atomic E-state index is 0.106. The summed E-state index contributed by atoms with van der Waals surface area (Å²) in [5.41, 5.74) is 7.79. The van der Waals surface area contributed by atoms with Crippen LogP contribution in [0.1, 0.15) is 47.1 Å². The third kappa shape index (κ3) is 5.66. The molecule has 0 bridgehead atoms. The molecule has 31 heavy (non-hydrogen) atoms. The van der Waals surface area contributed by atoms with Crippen molar-refractivity contribution in [2.24, 2.45) is 0 Å². The summed E-state index contributed by atoms with van der Waals surface area (Å²) in [6, 6.07) is 3.79. The van der Waals surface area contributed by atoms with E-state index in [4.69, 9.17) is 15.2 Å². The molecule has 168 valence electrons. The highest BCUT2D eigenvalue weighted by molar-refractivity contribution is 7.15. The van der Waals surface area contributed by atoms with Crippen LogP contribution in [0.4, 0.5) is 9.93 Å². The Morgan fingerprint density at radius 1 is 1.16 bits per heavy atom. The number of benzene rings is 1. The van der Waals surface area contributed by atoms with E-state index in [-0.39, 0.29) is 12.0 Å². The fourth-order valence-electron chi connectivity index (χ4n) is 3.43. The number of nitrogens with zero attached hydrogens (tertiary/aromatic N) is 3. The molecular formula is C22H30N4O4S. The number of amides is 2. The van der Waals surface area contributed by atoms with Crippen molar-refractivity contribution in [2.75, 3.05) is 39.0 Å². The van der Waals surface area contributed by atoms with E-state index in [1.807, 2.05) is 39.8 Å². The third-order valence-electron chi connectivity index (χ3n) is 5.04. The fourth-order valence-corrected chi connectivity index (χ4v) is 4.14. The topological polar surface area (TPSA) is 98.0 Å². The van der Waals surface area contributed by atoms with Crippen LogP contribution >= 0.6 is 11.3 Å². The normalized spacial score (nSPS) is 14.5. The number of carbonyl (C=O) groups is 2. The van der Waals surface area contributed by atoms with Crippen LogP contribution in [0.2, 0.25) is 0 Å². The van der Waals surface area contributed by atoms with Crippen LogP contribution in [-0.4, -0.2) is 65.7 Å². The molecule has 0 saturated carbocycles. The van der Waals surface area contributed by atoms with Gasteiger partial charge in [-0.2, -0.15) is 0 Å². The smallest absolute Gasteiger partial charge is 0.410 e. The lowest BCUT2D eigenvalue weighted by Gasteiger charge is -2.35. The second-order valence-electron chi connectivity index (χ2n) is 8.58. The monoisotopic (exact) mass is 446 g/mol. The van der Waals surface area contributed by atoms with Gasteiger partial charge < -0.3 is 25.0 Å². The highest BCUT2D eigenvalue weighted by atomic mass is 32.1.